The van der Waals surface area contributed by atoms with Crippen LogP contribution in [0.5, 0.6) is 5.75 Å². The maximum atomic E-state index is 12.3. The fourth-order valence-corrected chi connectivity index (χ4v) is 3.89. The summed E-state index contributed by atoms with van der Waals surface area (Å²) in [6.45, 7) is 3.52. The Morgan fingerprint density at radius 1 is 1.30 bits per heavy atom. The largest absolute Gasteiger partial charge is 0.488 e. The number of anilines is 1. The fourth-order valence-electron chi connectivity index (χ4n) is 2.97. The number of amides is 1. The minimum Gasteiger partial charge on any atom is -0.488 e. The monoisotopic (exact) mass is 335 g/mol. The number of para-hydroxylation sites is 2. The number of nitrogens with zero attached hydrogens (tertiary/aromatic N) is 1. The fraction of sp³-hybridized carbons (Fsp3) is 0.529. The number of benzene rings is 1. The van der Waals surface area contributed by atoms with Crippen molar-refractivity contribution in [2.24, 2.45) is 0 Å². The van der Waals surface area contributed by atoms with E-state index in [2.05, 4.69) is 0 Å². The van der Waals surface area contributed by atoms with Crippen molar-refractivity contribution >= 4 is 28.5 Å². The van der Waals surface area contributed by atoms with Crippen LogP contribution in [-0.4, -0.2) is 42.1 Å². The lowest BCUT2D eigenvalue weighted by atomic mass is 10.1. The Bertz CT molecular complexity index is 586. The summed E-state index contributed by atoms with van der Waals surface area (Å²) in [5.74, 6) is 0.785. The van der Waals surface area contributed by atoms with Gasteiger partial charge in [-0.15, -0.1) is 0 Å². The number of thioether (sulfide) groups is 1. The van der Waals surface area contributed by atoms with Gasteiger partial charge < -0.3 is 14.4 Å². The first kappa shape index (κ1) is 16.3. The zero-order chi connectivity index (χ0) is 16.2. The van der Waals surface area contributed by atoms with Gasteiger partial charge in [-0.25, -0.2) is 0 Å². The normalized spacial score (nSPS) is 22.4. The van der Waals surface area contributed by atoms with E-state index in [4.69, 9.17) is 9.47 Å². The molecule has 0 spiro atoms. The summed E-state index contributed by atoms with van der Waals surface area (Å²) in [5.41, 5.74) is 0.802. The summed E-state index contributed by atoms with van der Waals surface area (Å²) < 4.78 is 11.5. The van der Waals surface area contributed by atoms with Crippen molar-refractivity contribution < 1.29 is 19.1 Å². The van der Waals surface area contributed by atoms with E-state index < -0.39 is 0 Å². The molecule has 2 fully saturated rings. The number of carbonyl (C=O) groups excluding carboxylic acids is 2. The molecule has 0 radical (unpaired) electrons. The van der Waals surface area contributed by atoms with Crippen molar-refractivity contribution in [1.29, 1.82) is 0 Å². The van der Waals surface area contributed by atoms with Crippen LogP contribution in [0.3, 0.4) is 0 Å². The molecule has 0 aromatic heterocycles. The van der Waals surface area contributed by atoms with Gasteiger partial charge in [-0.3, -0.25) is 9.59 Å². The van der Waals surface area contributed by atoms with Crippen LogP contribution in [-0.2, 0) is 14.3 Å². The van der Waals surface area contributed by atoms with Crippen LogP contribution in [0.15, 0.2) is 24.3 Å². The summed E-state index contributed by atoms with van der Waals surface area (Å²) in [6.07, 6.45) is 2.26. The topological polar surface area (TPSA) is 55.8 Å². The van der Waals surface area contributed by atoms with Gasteiger partial charge in [0.25, 0.3) is 0 Å². The van der Waals surface area contributed by atoms with Crippen molar-refractivity contribution in [3.63, 3.8) is 0 Å². The molecule has 1 amide bonds. The molecule has 2 heterocycles. The first-order valence-corrected chi connectivity index (χ1v) is 8.82. The van der Waals surface area contributed by atoms with Crippen LogP contribution >= 0.6 is 11.8 Å². The molecule has 0 N–H and O–H groups in total. The first-order chi connectivity index (χ1) is 11.1. The highest BCUT2D eigenvalue weighted by Crippen LogP contribution is 2.35. The van der Waals surface area contributed by atoms with Crippen molar-refractivity contribution in [2.75, 3.05) is 24.7 Å². The number of hydrogen-bond donors (Lipinski definition) is 0. The molecule has 0 aliphatic carbocycles. The van der Waals surface area contributed by atoms with Gasteiger partial charge in [0.1, 0.15) is 11.9 Å². The van der Waals surface area contributed by atoms with E-state index in [0.717, 1.165) is 24.3 Å². The van der Waals surface area contributed by atoms with Crippen LogP contribution in [0.4, 0.5) is 5.69 Å². The van der Waals surface area contributed by atoms with Crippen molar-refractivity contribution in [1.82, 2.24) is 0 Å². The molecule has 23 heavy (non-hydrogen) atoms. The highest BCUT2D eigenvalue weighted by Gasteiger charge is 2.33. The Labute approximate surface area is 140 Å². The third kappa shape index (κ3) is 4.06. The van der Waals surface area contributed by atoms with Crippen LogP contribution in [0.2, 0.25) is 0 Å². The third-order valence-electron chi connectivity index (χ3n) is 4.04. The Balaban J connectivity index is 1.74. The van der Waals surface area contributed by atoms with Gasteiger partial charge in [0, 0.05) is 38.0 Å². The highest BCUT2D eigenvalue weighted by molar-refractivity contribution is 8.14. The summed E-state index contributed by atoms with van der Waals surface area (Å²) >= 11 is 1.25. The maximum Gasteiger partial charge on any atom is 0.228 e. The zero-order valence-corrected chi connectivity index (χ0v) is 14.0. The smallest absolute Gasteiger partial charge is 0.228 e. The second-order valence-electron chi connectivity index (χ2n) is 5.84. The van der Waals surface area contributed by atoms with E-state index in [1.54, 1.807) is 11.8 Å². The standard InChI is InChI=1S/C17H21NO4S/c1-12(19)23-14-10-17(20)18(11-14)15-4-2-3-5-16(15)22-13-6-8-21-9-7-13/h2-5,13-14H,6-11H2,1H3. The van der Waals surface area contributed by atoms with E-state index in [1.165, 1.54) is 11.8 Å². The van der Waals surface area contributed by atoms with Crippen LogP contribution in [0.25, 0.3) is 0 Å². The molecule has 2 aliphatic heterocycles. The molecule has 0 bridgehead atoms. The maximum absolute atomic E-state index is 12.3. The summed E-state index contributed by atoms with van der Waals surface area (Å²) in [6, 6.07) is 7.64. The molecule has 2 saturated heterocycles. The van der Waals surface area contributed by atoms with Crippen LogP contribution in [0, 0.1) is 0 Å². The van der Waals surface area contributed by atoms with Gasteiger partial charge >= 0.3 is 0 Å². The molecule has 124 valence electrons. The van der Waals surface area contributed by atoms with Crippen molar-refractivity contribution in [3.8, 4) is 5.75 Å². The second-order valence-corrected chi connectivity index (χ2v) is 7.31. The molecule has 0 saturated carbocycles. The lowest BCUT2D eigenvalue weighted by molar-refractivity contribution is -0.117. The lowest BCUT2D eigenvalue weighted by Gasteiger charge is -2.26. The van der Waals surface area contributed by atoms with Gasteiger partial charge in [0.2, 0.25) is 5.91 Å². The number of rotatable bonds is 4. The number of hydrogen-bond acceptors (Lipinski definition) is 5. The summed E-state index contributed by atoms with van der Waals surface area (Å²) in [4.78, 5) is 25.4. The van der Waals surface area contributed by atoms with Gasteiger partial charge in [-0.1, -0.05) is 23.9 Å². The van der Waals surface area contributed by atoms with Gasteiger partial charge in [-0.05, 0) is 12.1 Å². The SMILES string of the molecule is CC(=O)SC1CC(=O)N(c2ccccc2OC2CCOCC2)C1. The molecule has 1 aromatic rings. The first-order valence-electron chi connectivity index (χ1n) is 7.94. The van der Waals surface area contributed by atoms with Gasteiger partial charge in [0.15, 0.2) is 5.12 Å². The highest BCUT2D eigenvalue weighted by atomic mass is 32.2. The minimum atomic E-state index is 0.0242. The predicted octanol–water partition coefficient (Wildman–Crippen LogP) is 2.63. The Morgan fingerprint density at radius 2 is 2.04 bits per heavy atom. The van der Waals surface area contributed by atoms with E-state index in [9.17, 15) is 9.59 Å². The quantitative estimate of drug-likeness (QED) is 0.847. The minimum absolute atomic E-state index is 0.0242. The van der Waals surface area contributed by atoms with E-state index in [1.807, 2.05) is 24.3 Å². The Morgan fingerprint density at radius 3 is 2.78 bits per heavy atom. The molecular weight excluding hydrogens is 314 g/mol. The Hall–Kier alpha value is -1.53. The predicted molar refractivity (Wildman–Crippen MR) is 89.9 cm³/mol. The molecule has 1 atom stereocenters. The molecule has 5 nitrogen and oxygen atoms in total. The molecule has 1 aromatic carbocycles. The molecule has 3 rings (SSSR count). The lowest BCUT2D eigenvalue weighted by Crippen LogP contribution is -2.29. The van der Waals surface area contributed by atoms with Gasteiger partial charge in [-0.2, -0.15) is 0 Å². The average molecular weight is 335 g/mol. The van der Waals surface area contributed by atoms with Crippen LogP contribution < -0.4 is 9.64 Å². The number of carbonyl (C=O) groups is 2. The number of ether oxygens (including phenoxy) is 2. The van der Waals surface area contributed by atoms with Gasteiger partial charge in [0.05, 0.1) is 18.9 Å². The average Bonchev–Trinajstić information content (AvgIpc) is 2.88. The third-order valence-corrected chi connectivity index (χ3v) is 5.02. The van der Waals surface area contributed by atoms with Crippen molar-refractivity contribution in [2.45, 2.75) is 37.5 Å². The molecule has 6 heteroatoms. The zero-order valence-electron chi connectivity index (χ0n) is 13.2. The van der Waals surface area contributed by atoms with E-state index >= 15 is 0 Å². The second kappa shape index (κ2) is 7.36. The van der Waals surface area contributed by atoms with Crippen molar-refractivity contribution in [3.05, 3.63) is 24.3 Å². The van der Waals surface area contributed by atoms with E-state index in [0.29, 0.717) is 26.2 Å². The molecular formula is C17H21NO4S. The molecule has 2 aliphatic rings. The Kier molecular flexibility index (Phi) is 5.23. The summed E-state index contributed by atoms with van der Waals surface area (Å²) in [7, 11) is 0. The van der Waals surface area contributed by atoms with Crippen LogP contribution in [0.1, 0.15) is 26.2 Å². The summed E-state index contributed by atoms with van der Waals surface area (Å²) in [5, 5.41) is 0.0764. The van der Waals surface area contributed by atoms with E-state index in [-0.39, 0.29) is 22.4 Å². The molecule has 1 unspecified atom stereocenters.